The summed E-state index contributed by atoms with van der Waals surface area (Å²) in [5.74, 6) is 0. The zero-order valence-corrected chi connectivity index (χ0v) is 10.3. The number of nitrogens with zero attached hydrogens (tertiary/aromatic N) is 1. The Labute approximate surface area is 100 Å². The molecule has 1 heterocycles. The van der Waals surface area contributed by atoms with E-state index < -0.39 is 18.3 Å². The normalized spacial score (nSPS) is 26.8. The minimum atomic E-state index is -4.28. The second-order valence-corrected chi connectivity index (χ2v) is 4.43. The Bertz CT molecular complexity index is 235. The first-order chi connectivity index (χ1) is 7.91. The minimum Gasteiger partial charge on any atom is -0.378 e. The first-order valence-electron chi connectivity index (χ1n) is 6.07. The van der Waals surface area contributed by atoms with E-state index in [-0.39, 0.29) is 6.04 Å². The van der Waals surface area contributed by atoms with E-state index in [9.17, 15) is 13.2 Å². The molecule has 2 N–H and O–H groups in total. The number of morpholine rings is 1. The standard InChI is InChI=1S/C11H21F3N2O/c1-3-8-7-17-6-5-16(8)10(9(15)4-2)11(12,13)14/h8-10H,3-7,15H2,1-2H3. The molecule has 1 saturated heterocycles. The summed E-state index contributed by atoms with van der Waals surface area (Å²) >= 11 is 0. The van der Waals surface area contributed by atoms with Gasteiger partial charge in [-0.2, -0.15) is 13.2 Å². The third-order valence-corrected chi connectivity index (χ3v) is 3.31. The highest BCUT2D eigenvalue weighted by atomic mass is 19.4. The second-order valence-electron chi connectivity index (χ2n) is 4.43. The van der Waals surface area contributed by atoms with E-state index in [2.05, 4.69) is 0 Å². The number of halogens is 3. The van der Waals surface area contributed by atoms with Crippen molar-refractivity contribution in [3.8, 4) is 0 Å². The predicted octanol–water partition coefficient (Wildman–Crippen LogP) is 1.77. The van der Waals surface area contributed by atoms with Crippen molar-refractivity contribution >= 4 is 0 Å². The van der Waals surface area contributed by atoms with Crippen LogP contribution in [0.15, 0.2) is 0 Å². The van der Waals surface area contributed by atoms with Crippen LogP contribution in [0.4, 0.5) is 13.2 Å². The number of hydrogen-bond donors (Lipinski definition) is 1. The van der Waals surface area contributed by atoms with Gasteiger partial charge in [0.05, 0.1) is 13.2 Å². The van der Waals surface area contributed by atoms with Crippen molar-refractivity contribution in [2.75, 3.05) is 19.8 Å². The molecule has 0 aliphatic carbocycles. The van der Waals surface area contributed by atoms with Gasteiger partial charge in [0.2, 0.25) is 0 Å². The van der Waals surface area contributed by atoms with Gasteiger partial charge in [-0.3, -0.25) is 4.90 Å². The lowest BCUT2D eigenvalue weighted by atomic mass is 10.0. The average Bonchev–Trinajstić information content (AvgIpc) is 2.28. The molecule has 3 atom stereocenters. The van der Waals surface area contributed by atoms with Crippen LogP contribution in [0.3, 0.4) is 0 Å². The summed E-state index contributed by atoms with van der Waals surface area (Å²) in [6, 6.07) is -2.61. The highest BCUT2D eigenvalue weighted by Gasteiger charge is 2.48. The Morgan fingerprint density at radius 1 is 1.41 bits per heavy atom. The summed E-state index contributed by atoms with van der Waals surface area (Å²) in [4.78, 5) is 1.47. The molecule has 0 spiro atoms. The third kappa shape index (κ3) is 3.56. The molecule has 0 aromatic carbocycles. The maximum atomic E-state index is 13.1. The molecule has 0 bridgehead atoms. The van der Waals surface area contributed by atoms with Gasteiger partial charge in [-0.25, -0.2) is 0 Å². The maximum absolute atomic E-state index is 13.1. The quantitative estimate of drug-likeness (QED) is 0.831. The molecule has 102 valence electrons. The van der Waals surface area contributed by atoms with Gasteiger partial charge in [-0.15, -0.1) is 0 Å². The number of rotatable bonds is 4. The lowest BCUT2D eigenvalue weighted by Gasteiger charge is -2.43. The molecule has 1 aliphatic heterocycles. The van der Waals surface area contributed by atoms with Crippen LogP contribution in [-0.4, -0.2) is 49.0 Å². The van der Waals surface area contributed by atoms with Crippen molar-refractivity contribution in [1.29, 1.82) is 0 Å². The van der Waals surface area contributed by atoms with E-state index in [4.69, 9.17) is 10.5 Å². The number of hydrogen-bond acceptors (Lipinski definition) is 3. The van der Waals surface area contributed by atoms with Crippen molar-refractivity contribution < 1.29 is 17.9 Å². The zero-order valence-electron chi connectivity index (χ0n) is 10.3. The van der Waals surface area contributed by atoms with Gasteiger partial charge < -0.3 is 10.5 Å². The lowest BCUT2D eigenvalue weighted by molar-refractivity contribution is -0.207. The molecule has 0 aromatic heterocycles. The van der Waals surface area contributed by atoms with Crippen molar-refractivity contribution in [1.82, 2.24) is 4.90 Å². The average molecular weight is 254 g/mol. The monoisotopic (exact) mass is 254 g/mol. The molecule has 1 aliphatic rings. The van der Waals surface area contributed by atoms with Crippen LogP contribution in [-0.2, 0) is 4.74 Å². The van der Waals surface area contributed by atoms with Crippen molar-refractivity contribution in [2.45, 2.75) is 51.0 Å². The van der Waals surface area contributed by atoms with Crippen molar-refractivity contribution in [3.63, 3.8) is 0 Å². The zero-order chi connectivity index (χ0) is 13.1. The third-order valence-electron chi connectivity index (χ3n) is 3.31. The largest absolute Gasteiger partial charge is 0.405 e. The SMILES string of the molecule is CCC(N)C(N1CCOCC1CC)C(F)(F)F. The summed E-state index contributed by atoms with van der Waals surface area (Å²) in [7, 11) is 0. The summed E-state index contributed by atoms with van der Waals surface area (Å²) in [5, 5.41) is 0. The summed E-state index contributed by atoms with van der Waals surface area (Å²) in [6.07, 6.45) is -3.32. The van der Waals surface area contributed by atoms with E-state index in [1.165, 1.54) is 4.90 Å². The topological polar surface area (TPSA) is 38.5 Å². The number of nitrogens with two attached hydrogens (primary N) is 1. The molecule has 3 unspecified atom stereocenters. The van der Waals surface area contributed by atoms with Gasteiger partial charge in [-0.1, -0.05) is 13.8 Å². The molecular formula is C11H21F3N2O. The van der Waals surface area contributed by atoms with Crippen LogP contribution < -0.4 is 5.73 Å². The lowest BCUT2D eigenvalue weighted by Crippen LogP contribution is -2.62. The molecule has 1 rings (SSSR count). The van der Waals surface area contributed by atoms with Crippen LogP contribution in [0, 0.1) is 0 Å². The molecule has 0 aromatic rings. The van der Waals surface area contributed by atoms with Gasteiger partial charge in [0.15, 0.2) is 0 Å². The fourth-order valence-electron chi connectivity index (χ4n) is 2.29. The Balaban J connectivity index is 2.87. The van der Waals surface area contributed by atoms with Gasteiger partial charge in [0.25, 0.3) is 0 Å². The summed E-state index contributed by atoms with van der Waals surface area (Å²) < 4.78 is 44.5. The van der Waals surface area contributed by atoms with Gasteiger partial charge in [-0.05, 0) is 12.8 Å². The highest BCUT2D eigenvalue weighted by molar-refractivity contribution is 4.91. The molecule has 0 radical (unpaired) electrons. The van der Waals surface area contributed by atoms with E-state index in [0.717, 1.165) is 0 Å². The first kappa shape index (κ1) is 14.7. The van der Waals surface area contributed by atoms with Crippen molar-refractivity contribution in [3.05, 3.63) is 0 Å². The van der Waals surface area contributed by atoms with Crippen LogP contribution in [0.2, 0.25) is 0 Å². The van der Waals surface area contributed by atoms with E-state index in [1.807, 2.05) is 6.92 Å². The van der Waals surface area contributed by atoms with Gasteiger partial charge in [0.1, 0.15) is 6.04 Å². The number of alkyl halides is 3. The Morgan fingerprint density at radius 3 is 2.53 bits per heavy atom. The summed E-state index contributed by atoms with van der Waals surface area (Å²) in [6.45, 7) is 4.57. The van der Waals surface area contributed by atoms with Crippen LogP contribution >= 0.6 is 0 Å². The molecule has 0 saturated carbocycles. The Hall–Kier alpha value is -0.330. The highest BCUT2D eigenvalue weighted by Crippen LogP contribution is 2.30. The molecule has 1 fully saturated rings. The Kier molecular flexibility index (Phi) is 5.22. The minimum absolute atomic E-state index is 0.187. The van der Waals surface area contributed by atoms with Crippen LogP contribution in [0.1, 0.15) is 26.7 Å². The Morgan fingerprint density at radius 2 is 2.06 bits per heavy atom. The van der Waals surface area contributed by atoms with Crippen LogP contribution in [0.25, 0.3) is 0 Å². The molecule has 0 amide bonds. The van der Waals surface area contributed by atoms with Crippen LogP contribution in [0.5, 0.6) is 0 Å². The molecule has 17 heavy (non-hydrogen) atoms. The predicted molar refractivity (Wildman–Crippen MR) is 59.7 cm³/mol. The fraction of sp³-hybridized carbons (Fsp3) is 1.00. The number of ether oxygens (including phenoxy) is 1. The summed E-state index contributed by atoms with van der Waals surface area (Å²) in [5.41, 5.74) is 5.65. The first-order valence-corrected chi connectivity index (χ1v) is 6.07. The van der Waals surface area contributed by atoms with Crippen molar-refractivity contribution in [2.24, 2.45) is 5.73 Å². The molecule has 3 nitrogen and oxygen atoms in total. The fourth-order valence-corrected chi connectivity index (χ4v) is 2.29. The van der Waals surface area contributed by atoms with E-state index >= 15 is 0 Å². The van der Waals surface area contributed by atoms with E-state index in [0.29, 0.717) is 32.6 Å². The maximum Gasteiger partial charge on any atom is 0.405 e. The van der Waals surface area contributed by atoms with Gasteiger partial charge >= 0.3 is 6.18 Å². The smallest absolute Gasteiger partial charge is 0.378 e. The van der Waals surface area contributed by atoms with Gasteiger partial charge in [0, 0.05) is 18.6 Å². The second kappa shape index (κ2) is 6.02. The molecular weight excluding hydrogens is 233 g/mol. The molecule has 6 heteroatoms. The van der Waals surface area contributed by atoms with E-state index in [1.54, 1.807) is 6.92 Å².